The summed E-state index contributed by atoms with van der Waals surface area (Å²) in [5, 5.41) is 6.21. The van der Waals surface area contributed by atoms with Gasteiger partial charge < -0.3 is 10.6 Å². The van der Waals surface area contributed by atoms with Crippen LogP contribution in [0, 0.1) is 5.41 Å². The summed E-state index contributed by atoms with van der Waals surface area (Å²) in [6.45, 7) is 3.73. The van der Waals surface area contributed by atoms with Gasteiger partial charge in [-0.1, -0.05) is 6.92 Å². The highest BCUT2D eigenvalue weighted by atomic mass is 79.9. The lowest BCUT2D eigenvalue weighted by atomic mass is 9.83. The molecule has 0 saturated carbocycles. The Morgan fingerprint density at radius 2 is 2.53 bits per heavy atom. The number of anilines is 1. The third-order valence-corrected chi connectivity index (χ3v) is 4.04. The topological polar surface area (TPSA) is 54.0 Å². The van der Waals surface area contributed by atoms with Crippen molar-refractivity contribution in [2.75, 3.05) is 18.4 Å². The minimum absolute atomic E-state index is 0.0821. The van der Waals surface area contributed by atoms with Gasteiger partial charge >= 0.3 is 0 Å². The Morgan fingerprint density at radius 3 is 3.12 bits per heavy atom. The number of aromatic nitrogens is 1. The van der Waals surface area contributed by atoms with Crippen molar-refractivity contribution in [3.63, 3.8) is 0 Å². The van der Waals surface area contributed by atoms with Crippen LogP contribution in [-0.2, 0) is 4.79 Å². The molecular weight excluding hydrogens is 282 g/mol. The van der Waals surface area contributed by atoms with Crippen molar-refractivity contribution in [1.29, 1.82) is 0 Å². The highest BCUT2D eigenvalue weighted by Crippen LogP contribution is 2.31. The first kappa shape index (κ1) is 12.5. The Kier molecular flexibility index (Phi) is 3.79. The van der Waals surface area contributed by atoms with Gasteiger partial charge in [0.2, 0.25) is 5.91 Å². The molecule has 1 unspecified atom stereocenters. The second-order valence-corrected chi connectivity index (χ2v) is 5.11. The Balaban J connectivity index is 2.14. The number of hydrogen-bond acceptors (Lipinski definition) is 3. The molecule has 0 spiro atoms. The molecule has 17 heavy (non-hydrogen) atoms. The summed E-state index contributed by atoms with van der Waals surface area (Å²) in [5.41, 5.74) is 0.465. The number of amides is 1. The molecule has 1 aliphatic rings. The molecule has 1 atom stereocenters. The summed E-state index contributed by atoms with van der Waals surface area (Å²) in [6.07, 6.45) is 3.43. The number of carbonyl (C=O) groups excluding carboxylic acids is 1. The number of nitrogens with one attached hydrogen (secondary N) is 2. The van der Waals surface area contributed by atoms with Gasteiger partial charge in [-0.25, -0.2) is 4.98 Å². The molecule has 1 fully saturated rings. The van der Waals surface area contributed by atoms with Crippen LogP contribution in [0.1, 0.15) is 19.8 Å². The summed E-state index contributed by atoms with van der Waals surface area (Å²) in [7, 11) is 0. The van der Waals surface area contributed by atoms with Crippen molar-refractivity contribution < 1.29 is 4.79 Å². The summed E-state index contributed by atoms with van der Waals surface area (Å²) >= 11 is 3.33. The Morgan fingerprint density at radius 1 is 1.71 bits per heavy atom. The number of halogens is 1. The molecule has 2 heterocycles. The fourth-order valence-electron chi connectivity index (χ4n) is 2.13. The van der Waals surface area contributed by atoms with Gasteiger partial charge in [0.1, 0.15) is 4.60 Å². The summed E-state index contributed by atoms with van der Waals surface area (Å²) < 4.78 is 0.672. The van der Waals surface area contributed by atoms with Crippen molar-refractivity contribution in [3.8, 4) is 0 Å². The van der Waals surface area contributed by atoms with Crippen LogP contribution in [0.5, 0.6) is 0 Å². The fourth-order valence-corrected chi connectivity index (χ4v) is 2.48. The molecule has 0 bridgehead atoms. The first-order valence-corrected chi connectivity index (χ1v) is 6.60. The molecule has 4 nitrogen and oxygen atoms in total. The van der Waals surface area contributed by atoms with Gasteiger partial charge in [0.05, 0.1) is 11.1 Å². The van der Waals surface area contributed by atoms with E-state index in [9.17, 15) is 4.79 Å². The lowest BCUT2D eigenvalue weighted by Crippen LogP contribution is -2.37. The zero-order valence-corrected chi connectivity index (χ0v) is 11.4. The molecule has 5 heteroatoms. The quantitative estimate of drug-likeness (QED) is 0.841. The van der Waals surface area contributed by atoms with Gasteiger partial charge in [-0.05, 0) is 47.4 Å². The highest BCUT2D eigenvalue weighted by Gasteiger charge is 2.39. The van der Waals surface area contributed by atoms with Gasteiger partial charge in [-0.2, -0.15) is 0 Å². The van der Waals surface area contributed by atoms with Crippen LogP contribution in [-0.4, -0.2) is 24.0 Å². The van der Waals surface area contributed by atoms with Crippen molar-refractivity contribution in [2.45, 2.75) is 19.8 Å². The van der Waals surface area contributed by atoms with Crippen molar-refractivity contribution in [1.82, 2.24) is 10.3 Å². The zero-order chi connectivity index (χ0) is 12.3. The van der Waals surface area contributed by atoms with E-state index in [0.717, 1.165) is 31.6 Å². The van der Waals surface area contributed by atoms with Crippen LogP contribution >= 0.6 is 15.9 Å². The lowest BCUT2D eigenvalue weighted by molar-refractivity contribution is -0.124. The van der Waals surface area contributed by atoms with Crippen LogP contribution in [0.2, 0.25) is 0 Å². The minimum Gasteiger partial charge on any atom is -0.323 e. The van der Waals surface area contributed by atoms with Gasteiger partial charge in [-0.3, -0.25) is 4.79 Å². The van der Waals surface area contributed by atoms with Gasteiger partial charge in [-0.15, -0.1) is 0 Å². The maximum absolute atomic E-state index is 12.3. The van der Waals surface area contributed by atoms with E-state index in [1.165, 1.54) is 0 Å². The average molecular weight is 298 g/mol. The third-order valence-electron chi connectivity index (χ3n) is 3.41. The van der Waals surface area contributed by atoms with E-state index in [0.29, 0.717) is 4.60 Å². The molecule has 1 aliphatic heterocycles. The van der Waals surface area contributed by atoms with E-state index in [1.54, 1.807) is 6.20 Å². The SMILES string of the molecule is CCC1(C(=O)Nc2cccnc2Br)CCNC1. The average Bonchev–Trinajstić information content (AvgIpc) is 2.82. The monoisotopic (exact) mass is 297 g/mol. The highest BCUT2D eigenvalue weighted by molar-refractivity contribution is 9.10. The number of rotatable bonds is 3. The fraction of sp³-hybridized carbons (Fsp3) is 0.500. The van der Waals surface area contributed by atoms with Crippen molar-refractivity contribution >= 4 is 27.5 Å². The first-order valence-electron chi connectivity index (χ1n) is 5.81. The Hall–Kier alpha value is -0.940. The van der Waals surface area contributed by atoms with E-state index in [2.05, 4.69) is 38.5 Å². The molecule has 1 saturated heterocycles. The molecule has 0 aromatic carbocycles. The van der Waals surface area contributed by atoms with Crippen LogP contribution < -0.4 is 10.6 Å². The number of nitrogens with zero attached hydrogens (tertiary/aromatic N) is 1. The number of hydrogen-bond donors (Lipinski definition) is 2. The van der Waals surface area contributed by atoms with Crippen LogP contribution in [0.25, 0.3) is 0 Å². The third kappa shape index (κ3) is 2.50. The summed E-state index contributed by atoms with van der Waals surface area (Å²) in [4.78, 5) is 16.4. The van der Waals surface area contributed by atoms with E-state index < -0.39 is 0 Å². The van der Waals surface area contributed by atoms with E-state index >= 15 is 0 Å². The normalized spacial score (nSPS) is 23.6. The molecule has 0 aliphatic carbocycles. The molecule has 1 amide bonds. The van der Waals surface area contributed by atoms with E-state index in [-0.39, 0.29) is 11.3 Å². The zero-order valence-electron chi connectivity index (χ0n) is 9.79. The molecule has 2 rings (SSSR count). The second-order valence-electron chi connectivity index (χ2n) is 4.36. The second kappa shape index (κ2) is 5.14. The maximum Gasteiger partial charge on any atom is 0.231 e. The van der Waals surface area contributed by atoms with Crippen LogP contribution in [0.3, 0.4) is 0 Å². The number of carbonyl (C=O) groups is 1. The maximum atomic E-state index is 12.3. The Bertz CT molecular complexity index is 416. The van der Waals surface area contributed by atoms with Crippen LogP contribution in [0.15, 0.2) is 22.9 Å². The molecule has 1 aromatic heterocycles. The first-order chi connectivity index (χ1) is 8.18. The lowest BCUT2D eigenvalue weighted by Gasteiger charge is -2.25. The van der Waals surface area contributed by atoms with Crippen LogP contribution in [0.4, 0.5) is 5.69 Å². The molecule has 0 radical (unpaired) electrons. The minimum atomic E-state index is -0.269. The predicted octanol–water partition coefficient (Wildman–Crippen LogP) is 2.17. The molecule has 1 aromatic rings. The molecule has 92 valence electrons. The Labute approximate surface area is 109 Å². The van der Waals surface area contributed by atoms with Gasteiger partial charge in [0, 0.05) is 12.7 Å². The van der Waals surface area contributed by atoms with Gasteiger partial charge in [0.25, 0.3) is 0 Å². The summed E-state index contributed by atoms with van der Waals surface area (Å²) in [5.74, 6) is 0.0821. The smallest absolute Gasteiger partial charge is 0.231 e. The summed E-state index contributed by atoms with van der Waals surface area (Å²) in [6, 6.07) is 3.66. The van der Waals surface area contributed by atoms with Gasteiger partial charge in [0.15, 0.2) is 0 Å². The van der Waals surface area contributed by atoms with Crippen molar-refractivity contribution in [3.05, 3.63) is 22.9 Å². The molecule has 2 N–H and O–H groups in total. The van der Waals surface area contributed by atoms with Crippen molar-refractivity contribution in [2.24, 2.45) is 5.41 Å². The predicted molar refractivity (Wildman–Crippen MR) is 70.8 cm³/mol. The van der Waals surface area contributed by atoms with E-state index in [1.807, 2.05) is 12.1 Å². The molecular formula is C12H16BrN3O. The standard InChI is InChI=1S/C12H16BrN3O/c1-2-12(5-7-14-8-12)11(17)16-9-4-3-6-15-10(9)13/h3-4,6,14H,2,5,7-8H2,1H3,(H,16,17). The largest absolute Gasteiger partial charge is 0.323 e. The van der Waals surface area contributed by atoms with E-state index in [4.69, 9.17) is 0 Å². The number of pyridine rings is 1.